The van der Waals surface area contributed by atoms with Crippen LogP contribution >= 0.6 is 0 Å². The average Bonchev–Trinajstić information content (AvgIpc) is 2.74. The number of nitrogens with zero attached hydrogens (tertiary/aromatic N) is 1. The van der Waals surface area contributed by atoms with Crippen LogP contribution in [0.15, 0.2) is 39.8 Å². The molecule has 2 N–H and O–H groups in total. The van der Waals surface area contributed by atoms with E-state index in [1.54, 1.807) is 26.0 Å². The van der Waals surface area contributed by atoms with Gasteiger partial charge in [0.1, 0.15) is 0 Å². The first-order valence-corrected chi connectivity index (χ1v) is 7.11. The van der Waals surface area contributed by atoms with Crippen LogP contribution in [0.4, 0.5) is 5.88 Å². The van der Waals surface area contributed by atoms with Crippen molar-refractivity contribution in [1.29, 1.82) is 0 Å². The van der Waals surface area contributed by atoms with Crippen LogP contribution < -0.4 is 4.72 Å². The fourth-order valence-electron chi connectivity index (χ4n) is 1.53. The monoisotopic (exact) mass is 282 g/mol. The van der Waals surface area contributed by atoms with Gasteiger partial charge in [-0.2, -0.15) is 0 Å². The molecule has 7 heteroatoms. The number of rotatable bonds is 4. The van der Waals surface area contributed by atoms with Gasteiger partial charge in [0, 0.05) is 6.07 Å². The van der Waals surface area contributed by atoms with E-state index in [1.165, 1.54) is 18.2 Å². The zero-order valence-electron chi connectivity index (χ0n) is 10.5. The lowest BCUT2D eigenvalue weighted by Gasteiger charge is -2.07. The van der Waals surface area contributed by atoms with Crippen molar-refractivity contribution in [1.82, 2.24) is 5.16 Å². The highest BCUT2D eigenvalue weighted by Crippen LogP contribution is 2.19. The van der Waals surface area contributed by atoms with Gasteiger partial charge in [-0.25, -0.2) is 13.1 Å². The van der Waals surface area contributed by atoms with E-state index in [1.807, 2.05) is 0 Å². The van der Waals surface area contributed by atoms with Crippen molar-refractivity contribution < 1.29 is 18.0 Å². The van der Waals surface area contributed by atoms with Crippen molar-refractivity contribution in [2.45, 2.75) is 24.8 Å². The lowest BCUT2D eigenvalue weighted by Crippen LogP contribution is -2.12. The standard InChI is InChI=1S/C12H14N2O4S/c1-8-7-12(18-13-8)14-19(16,17)11-5-3-10(4-6-11)9(2)15/h3-7,9,14-15H,1-2H3. The number of hydrogen-bond donors (Lipinski definition) is 2. The van der Waals surface area contributed by atoms with Gasteiger partial charge in [0.15, 0.2) is 0 Å². The molecule has 2 aromatic rings. The number of aliphatic hydroxyl groups excluding tert-OH is 1. The summed E-state index contributed by atoms with van der Waals surface area (Å²) in [5.41, 5.74) is 1.23. The number of aliphatic hydroxyl groups is 1. The summed E-state index contributed by atoms with van der Waals surface area (Å²) >= 11 is 0. The van der Waals surface area contributed by atoms with Crippen LogP contribution in [0.3, 0.4) is 0 Å². The molecule has 1 aromatic carbocycles. The molecule has 1 atom stereocenters. The second-order valence-electron chi connectivity index (χ2n) is 4.18. The van der Waals surface area contributed by atoms with Crippen molar-refractivity contribution in [3.8, 4) is 0 Å². The third kappa shape index (κ3) is 3.12. The third-order valence-corrected chi connectivity index (χ3v) is 3.90. The summed E-state index contributed by atoms with van der Waals surface area (Å²) in [6.07, 6.45) is -0.637. The SMILES string of the molecule is Cc1cc(NS(=O)(=O)c2ccc(C(C)O)cc2)on1. The quantitative estimate of drug-likeness (QED) is 0.892. The summed E-state index contributed by atoms with van der Waals surface area (Å²) in [4.78, 5) is 0.0888. The summed E-state index contributed by atoms with van der Waals surface area (Å²) in [5.74, 6) is 0.0668. The minimum absolute atomic E-state index is 0.0668. The Hall–Kier alpha value is -1.86. The lowest BCUT2D eigenvalue weighted by molar-refractivity contribution is 0.199. The fourth-order valence-corrected chi connectivity index (χ4v) is 2.50. The second kappa shape index (κ2) is 5.02. The smallest absolute Gasteiger partial charge is 0.264 e. The maximum Gasteiger partial charge on any atom is 0.264 e. The molecule has 0 saturated carbocycles. The Labute approximate surface area is 111 Å². The number of hydrogen-bond acceptors (Lipinski definition) is 5. The van der Waals surface area contributed by atoms with Gasteiger partial charge in [0.05, 0.1) is 16.7 Å². The number of benzene rings is 1. The Morgan fingerprint density at radius 1 is 1.32 bits per heavy atom. The molecule has 1 unspecified atom stereocenters. The van der Waals surface area contributed by atoms with Crippen molar-refractivity contribution >= 4 is 15.9 Å². The van der Waals surface area contributed by atoms with Crippen LogP contribution in [0.25, 0.3) is 0 Å². The van der Waals surface area contributed by atoms with E-state index in [9.17, 15) is 13.5 Å². The van der Waals surface area contributed by atoms with Crippen LogP contribution in [0.5, 0.6) is 0 Å². The van der Waals surface area contributed by atoms with E-state index in [-0.39, 0.29) is 10.8 Å². The topological polar surface area (TPSA) is 92.4 Å². The van der Waals surface area contributed by atoms with Gasteiger partial charge in [-0.3, -0.25) is 0 Å². The Bertz CT molecular complexity index is 659. The zero-order chi connectivity index (χ0) is 14.0. The minimum Gasteiger partial charge on any atom is -0.389 e. The van der Waals surface area contributed by atoms with Gasteiger partial charge in [-0.05, 0) is 31.5 Å². The van der Waals surface area contributed by atoms with Crippen LogP contribution in [-0.2, 0) is 10.0 Å². The maximum absolute atomic E-state index is 12.0. The molecule has 0 amide bonds. The molecule has 0 aliphatic carbocycles. The van der Waals surface area contributed by atoms with Gasteiger partial charge in [-0.15, -0.1) is 0 Å². The van der Waals surface area contributed by atoms with E-state index in [0.717, 1.165) is 0 Å². The minimum atomic E-state index is -3.71. The molecule has 0 bridgehead atoms. The first-order valence-electron chi connectivity index (χ1n) is 5.62. The molecule has 6 nitrogen and oxygen atoms in total. The van der Waals surface area contributed by atoms with Crippen molar-refractivity contribution in [2.24, 2.45) is 0 Å². The van der Waals surface area contributed by atoms with E-state index in [0.29, 0.717) is 11.3 Å². The first-order chi connectivity index (χ1) is 8.88. The number of aryl methyl sites for hydroxylation is 1. The number of sulfonamides is 1. The van der Waals surface area contributed by atoms with Crippen LogP contribution in [-0.4, -0.2) is 18.7 Å². The van der Waals surface area contributed by atoms with Gasteiger partial charge in [0.25, 0.3) is 10.0 Å². The summed E-state index contributed by atoms with van der Waals surface area (Å²) in [6.45, 7) is 3.30. The first kappa shape index (κ1) is 13.6. The van der Waals surface area contributed by atoms with E-state index < -0.39 is 16.1 Å². The zero-order valence-corrected chi connectivity index (χ0v) is 11.3. The van der Waals surface area contributed by atoms with Crippen molar-refractivity contribution in [3.63, 3.8) is 0 Å². The molecule has 1 heterocycles. The Morgan fingerprint density at radius 2 is 1.95 bits per heavy atom. The molecule has 0 fully saturated rings. The molecular formula is C12H14N2O4S. The lowest BCUT2D eigenvalue weighted by atomic mass is 10.1. The van der Waals surface area contributed by atoms with Crippen molar-refractivity contribution in [3.05, 3.63) is 41.6 Å². The third-order valence-electron chi connectivity index (χ3n) is 2.54. The van der Waals surface area contributed by atoms with Gasteiger partial charge < -0.3 is 9.63 Å². The maximum atomic E-state index is 12.0. The normalized spacial score (nSPS) is 13.2. The molecule has 0 saturated heterocycles. The van der Waals surface area contributed by atoms with Gasteiger partial charge in [-0.1, -0.05) is 17.3 Å². The molecule has 0 spiro atoms. The molecule has 0 aliphatic rings. The van der Waals surface area contributed by atoms with Gasteiger partial charge in [0.2, 0.25) is 5.88 Å². The molecule has 2 rings (SSSR count). The summed E-state index contributed by atoms with van der Waals surface area (Å²) in [6, 6.07) is 7.46. The van der Waals surface area contributed by atoms with Gasteiger partial charge >= 0.3 is 0 Å². The fraction of sp³-hybridized carbons (Fsp3) is 0.250. The van der Waals surface area contributed by atoms with Crippen LogP contribution in [0.1, 0.15) is 24.3 Å². The highest BCUT2D eigenvalue weighted by molar-refractivity contribution is 7.92. The molecule has 19 heavy (non-hydrogen) atoms. The predicted molar refractivity (Wildman–Crippen MR) is 69.1 cm³/mol. The second-order valence-corrected chi connectivity index (χ2v) is 5.87. The molecule has 0 aliphatic heterocycles. The average molecular weight is 282 g/mol. The van der Waals surface area contributed by atoms with Crippen LogP contribution in [0, 0.1) is 6.92 Å². The molecular weight excluding hydrogens is 268 g/mol. The van der Waals surface area contributed by atoms with E-state index in [2.05, 4.69) is 9.88 Å². The highest BCUT2D eigenvalue weighted by atomic mass is 32.2. The Morgan fingerprint density at radius 3 is 2.42 bits per heavy atom. The van der Waals surface area contributed by atoms with E-state index in [4.69, 9.17) is 4.52 Å². The molecule has 1 aromatic heterocycles. The number of nitrogens with one attached hydrogen (secondary N) is 1. The summed E-state index contributed by atoms with van der Waals surface area (Å²) < 4.78 is 31.1. The number of anilines is 1. The Balaban J connectivity index is 2.24. The summed E-state index contributed by atoms with van der Waals surface area (Å²) in [5, 5.41) is 13.0. The predicted octanol–water partition coefficient (Wildman–Crippen LogP) is 1.84. The number of aromatic nitrogens is 1. The van der Waals surface area contributed by atoms with Crippen LogP contribution in [0.2, 0.25) is 0 Å². The largest absolute Gasteiger partial charge is 0.389 e. The Kier molecular flexibility index (Phi) is 3.59. The molecule has 0 radical (unpaired) electrons. The molecule has 102 valence electrons. The summed E-state index contributed by atoms with van der Waals surface area (Å²) in [7, 11) is -3.71. The van der Waals surface area contributed by atoms with E-state index >= 15 is 0 Å². The van der Waals surface area contributed by atoms with Crippen molar-refractivity contribution in [2.75, 3.05) is 4.72 Å². The highest BCUT2D eigenvalue weighted by Gasteiger charge is 2.16.